The number of fused-ring (bicyclic) bond motifs is 1. The molecule has 10 nitrogen and oxygen atoms in total. The summed E-state index contributed by atoms with van der Waals surface area (Å²) in [7, 11) is 0. The van der Waals surface area contributed by atoms with Gasteiger partial charge in [0.25, 0.3) is 5.56 Å². The summed E-state index contributed by atoms with van der Waals surface area (Å²) in [5.41, 5.74) is 9.69. The summed E-state index contributed by atoms with van der Waals surface area (Å²) in [5, 5.41) is 12.3. The SMILES string of the molecule is N#Cc1c(N)nc(N)nc1NCCc1nc2cccc(Cl)c2c(=O)n1-c1cncc(C(F)(F)F)c1. The lowest BCUT2D eigenvalue weighted by Crippen LogP contribution is -2.26. The van der Waals surface area contributed by atoms with Gasteiger partial charge in [-0.2, -0.15) is 28.4 Å². The molecule has 0 unspecified atom stereocenters. The topological polar surface area (TPSA) is 161 Å². The minimum Gasteiger partial charge on any atom is -0.382 e. The molecule has 35 heavy (non-hydrogen) atoms. The van der Waals surface area contributed by atoms with E-state index in [0.717, 1.165) is 16.8 Å². The molecule has 3 aromatic heterocycles. The molecule has 0 saturated heterocycles. The molecule has 4 rings (SSSR count). The van der Waals surface area contributed by atoms with Crippen molar-refractivity contribution in [1.29, 1.82) is 5.26 Å². The molecule has 0 atom stereocenters. The summed E-state index contributed by atoms with van der Waals surface area (Å²) in [4.78, 5) is 29.1. The van der Waals surface area contributed by atoms with E-state index in [4.69, 9.17) is 23.1 Å². The molecule has 14 heteroatoms. The summed E-state index contributed by atoms with van der Waals surface area (Å²) in [5.74, 6) is -0.0924. The molecular formula is C21H15ClF3N9O. The Hall–Kier alpha value is -4.44. The molecule has 0 amide bonds. The van der Waals surface area contributed by atoms with Gasteiger partial charge < -0.3 is 16.8 Å². The molecule has 0 aliphatic rings. The van der Waals surface area contributed by atoms with Crippen LogP contribution < -0.4 is 22.3 Å². The predicted octanol–water partition coefficient (Wildman–Crippen LogP) is 2.93. The molecule has 0 spiro atoms. The number of pyridine rings is 1. The number of hydrogen-bond donors (Lipinski definition) is 3. The molecule has 4 aromatic rings. The number of halogens is 4. The van der Waals surface area contributed by atoms with E-state index < -0.39 is 17.3 Å². The highest BCUT2D eigenvalue weighted by Crippen LogP contribution is 2.30. The van der Waals surface area contributed by atoms with Gasteiger partial charge in [-0.15, -0.1) is 0 Å². The number of nitrogens with two attached hydrogens (primary N) is 2. The van der Waals surface area contributed by atoms with Gasteiger partial charge in [0.15, 0.2) is 5.82 Å². The van der Waals surface area contributed by atoms with Crippen LogP contribution in [0, 0.1) is 11.3 Å². The summed E-state index contributed by atoms with van der Waals surface area (Å²) in [6, 6.07) is 7.31. The van der Waals surface area contributed by atoms with Crippen LogP contribution in [0.1, 0.15) is 17.0 Å². The first-order chi connectivity index (χ1) is 16.6. The number of nitrogens with one attached hydrogen (secondary N) is 1. The van der Waals surface area contributed by atoms with Crippen LogP contribution in [0.15, 0.2) is 41.5 Å². The Morgan fingerprint density at radius 3 is 2.66 bits per heavy atom. The van der Waals surface area contributed by atoms with Gasteiger partial charge in [0.1, 0.15) is 23.3 Å². The number of nitriles is 1. The van der Waals surface area contributed by atoms with Gasteiger partial charge in [-0.25, -0.2) is 4.98 Å². The molecule has 1 aromatic carbocycles. The molecule has 5 N–H and O–H groups in total. The Kier molecular flexibility index (Phi) is 6.14. The standard InChI is InChI=1S/C21H15ClF3N9O/c22-13-2-1-3-14-16(13)19(35)34(11-6-10(8-29-9-11)21(23,24)25)15(31-14)4-5-30-18-12(7-26)17(27)32-20(28)33-18/h1-3,6,8-9H,4-5H2,(H5,27,28,30,32,33). The highest BCUT2D eigenvalue weighted by atomic mass is 35.5. The number of aromatic nitrogens is 5. The van der Waals surface area contributed by atoms with Crippen molar-refractivity contribution in [3.05, 3.63) is 69.0 Å². The fourth-order valence-electron chi connectivity index (χ4n) is 3.40. The first-order valence-corrected chi connectivity index (χ1v) is 10.3. The van der Waals surface area contributed by atoms with E-state index in [1.807, 2.05) is 6.07 Å². The maximum Gasteiger partial charge on any atom is 0.417 e. The lowest BCUT2D eigenvalue weighted by atomic mass is 10.2. The second-order valence-corrected chi connectivity index (χ2v) is 7.62. The zero-order valence-corrected chi connectivity index (χ0v) is 18.4. The highest BCUT2D eigenvalue weighted by molar-refractivity contribution is 6.35. The summed E-state index contributed by atoms with van der Waals surface area (Å²) < 4.78 is 40.9. The van der Waals surface area contributed by atoms with Crippen LogP contribution in [-0.4, -0.2) is 31.0 Å². The van der Waals surface area contributed by atoms with Crippen molar-refractivity contribution in [2.24, 2.45) is 0 Å². The van der Waals surface area contributed by atoms with Crippen molar-refractivity contribution in [3.63, 3.8) is 0 Å². The normalized spacial score (nSPS) is 11.4. The lowest BCUT2D eigenvalue weighted by molar-refractivity contribution is -0.137. The van der Waals surface area contributed by atoms with Gasteiger partial charge in [0, 0.05) is 19.2 Å². The number of hydrogen-bond acceptors (Lipinski definition) is 9. The first-order valence-electron chi connectivity index (χ1n) is 9.90. The van der Waals surface area contributed by atoms with Gasteiger partial charge in [0.2, 0.25) is 5.95 Å². The molecular weight excluding hydrogens is 487 g/mol. The van der Waals surface area contributed by atoms with Crippen LogP contribution >= 0.6 is 11.6 Å². The lowest BCUT2D eigenvalue weighted by Gasteiger charge is -2.16. The molecule has 3 heterocycles. The monoisotopic (exact) mass is 501 g/mol. The fourth-order valence-corrected chi connectivity index (χ4v) is 3.65. The van der Waals surface area contributed by atoms with E-state index in [2.05, 4.69) is 25.3 Å². The van der Waals surface area contributed by atoms with E-state index in [1.54, 1.807) is 12.1 Å². The van der Waals surface area contributed by atoms with Crippen molar-refractivity contribution in [1.82, 2.24) is 24.5 Å². The molecule has 0 aliphatic carbocycles. The van der Waals surface area contributed by atoms with Gasteiger partial charge >= 0.3 is 6.18 Å². The van der Waals surface area contributed by atoms with E-state index in [9.17, 15) is 23.2 Å². The summed E-state index contributed by atoms with van der Waals surface area (Å²) >= 11 is 6.20. The highest BCUT2D eigenvalue weighted by Gasteiger charge is 2.31. The Morgan fingerprint density at radius 1 is 1.17 bits per heavy atom. The average Bonchev–Trinajstić information content (AvgIpc) is 2.78. The number of rotatable bonds is 5. The van der Waals surface area contributed by atoms with Gasteiger partial charge in [-0.3, -0.25) is 14.3 Å². The largest absolute Gasteiger partial charge is 0.417 e. The van der Waals surface area contributed by atoms with E-state index in [0.29, 0.717) is 6.20 Å². The van der Waals surface area contributed by atoms with Crippen molar-refractivity contribution >= 4 is 40.1 Å². The Labute approximate surface area is 200 Å². The van der Waals surface area contributed by atoms with Crippen LogP contribution in [0.3, 0.4) is 0 Å². The predicted molar refractivity (Wildman–Crippen MR) is 123 cm³/mol. The van der Waals surface area contributed by atoms with E-state index in [-0.39, 0.29) is 63.6 Å². The molecule has 0 saturated carbocycles. The second-order valence-electron chi connectivity index (χ2n) is 7.21. The zero-order chi connectivity index (χ0) is 25.3. The van der Waals surface area contributed by atoms with Gasteiger partial charge in [-0.1, -0.05) is 17.7 Å². The smallest absolute Gasteiger partial charge is 0.382 e. The number of nitrogen functional groups attached to an aromatic ring is 2. The third-order valence-corrected chi connectivity index (χ3v) is 5.25. The Bertz CT molecular complexity index is 1550. The number of anilines is 3. The molecule has 0 fully saturated rings. The molecule has 0 aliphatic heterocycles. The summed E-state index contributed by atoms with van der Waals surface area (Å²) in [6.07, 6.45) is -2.86. The molecule has 0 radical (unpaired) electrons. The van der Waals surface area contributed by atoms with Crippen molar-refractivity contribution in [3.8, 4) is 11.8 Å². The van der Waals surface area contributed by atoms with Gasteiger partial charge in [-0.05, 0) is 18.2 Å². The number of benzene rings is 1. The third kappa shape index (κ3) is 4.64. The Balaban J connectivity index is 1.80. The van der Waals surface area contributed by atoms with Crippen LogP contribution in [0.25, 0.3) is 16.6 Å². The second kappa shape index (κ2) is 9.07. The van der Waals surface area contributed by atoms with Crippen LogP contribution in [0.4, 0.5) is 30.8 Å². The number of alkyl halides is 3. The van der Waals surface area contributed by atoms with E-state index >= 15 is 0 Å². The maximum absolute atomic E-state index is 13.4. The molecule has 178 valence electrons. The average molecular weight is 502 g/mol. The van der Waals surface area contributed by atoms with Crippen LogP contribution in [-0.2, 0) is 12.6 Å². The van der Waals surface area contributed by atoms with Crippen molar-refractivity contribution < 1.29 is 13.2 Å². The van der Waals surface area contributed by atoms with Crippen molar-refractivity contribution in [2.75, 3.05) is 23.3 Å². The minimum atomic E-state index is -4.67. The summed E-state index contributed by atoms with van der Waals surface area (Å²) in [6.45, 7) is 0.0650. The van der Waals surface area contributed by atoms with Crippen molar-refractivity contribution in [2.45, 2.75) is 12.6 Å². The maximum atomic E-state index is 13.4. The first kappa shape index (κ1) is 23.7. The Morgan fingerprint density at radius 2 is 1.94 bits per heavy atom. The fraction of sp³-hybridized carbons (Fsp3) is 0.143. The quantitative estimate of drug-likeness (QED) is 0.373. The van der Waals surface area contributed by atoms with Crippen LogP contribution in [0.5, 0.6) is 0 Å². The molecule has 0 bridgehead atoms. The van der Waals surface area contributed by atoms with Gasteiger partial charge in [0.05, 0.1) is 33.4 Å². The van der Waals surface area contributed by atoms with Crippen LogP contribution in [0.2, 0.25) is 5.02 Å². The van der Waals surface area contributed by atoms with E-state index in [1.165, 1.54) is 6.07 Å². The zero-order valence-electron chi connectivity index (χ0n) is 17.6. The third-order valence-electron chi connectivity index (χ3n) is 4.93. The minimum absolute atomic E-state index is 0.0304. The number of nitrogens with zero attached hydrogens (tertiary/aromatic N) is 6.